The molecular weight excluding hydrogens is 311 g/mol. The minimum atomic E-state index is -0.943. The number of aliphatic hydroxyl groups is 1. The van der Waals surface area contributed by atoms with Crippen LogP contribution in [0.3, 0.4) is 0 Å². The predicted octanol–water partition coefficient (Wildman–Crippen LogP) is 1.71. The number of benzene rings is 2. The van der Waals surface area contributed by atoms with Gasteiger partial charge in [0.05, 0.1) is 12.6 Å². The molecule has 0 saturated heterocycles. The van der Waals surface area contributed by atoms with Crippen LogP contribution < -0.4 is 10.6 Å². The van der Waals surface area contributed by atoms with Gasteiger partial charge >= 0.3 is 0 Å². The van der Waals surface area contributed by atoms with Crippen molar-refractivity contribution < 1.29 is 19.1 Å². The van der Waals surface area contributed by atoms with Crippen molar-refractivity contribution in [2.45, 2.75) is 13.0 Å². The molecule has 0 heterocycles. The van der Waals surface area contributed by atoms with E-state index in [0.29, 0.717) is 11.1 Å². The van der Waals surface area contributed by atoms with Gasteiger partial charge in [0.2, 0.25) is 5.91 Å². The van der Waals surface area contributed by atoms with Crippen molar-refractivity contribution in [1.29, 1.82) is 0 Å². The Kier molecular flexibility index (Phi) is 6.03. The maximum Gasteiger partial charge on any atom is 0.251 e. The van der Waals surface area contributed by atoms with E-state index in [-0.39, 0.29) is 19.0 Å². The molecule has 1 atom stereocenters. The van der Waals surface area contributed by atoms with Crippen LogP contribution >= 0.6 is 0 Å². The van der Waals surface area contributed by atoms with E-state index in [0.717, 1.165) is 5.56 Å². The molecule has 0 aliphatic heterocycles. The average molecular weight is 330 g/mol. The fourth-order valence-electron chi connectivity index (χ4n) is 2.12. The molecule has 1 unspecified atom stereocenters. The predicted molar refractivity (Wildman–Crippen MR) is 87.9 cm³/mol. The maximum atomic E-state index is 12.8. The lowest BCUT2D eigenvalue weighted by Gasteiger charge is -2.12. The van der Waals surface area contributed by atoms with Crippen LogP contribution in [0.25, 0.3) is 0 Å². The Hall–Kier alpha value is -2.73. The summed E-state index contributed by atoms with van der Waals surface area (Å²) in [4.78, 5) is 23.7. The number of amides is 2. The number of carbonyl (C=O) groups is 2. The van der Waals surface area contributed by atoms with Gasteiger partial charge in [0.25, 0.3) is 5.91 Å². The number of aryl methyl sites for hydroxylation is 1. The Morgan fingerprint density at radius 2 is 1.83 bits per heavy atom. The fraction of sp³-hybridized carbons (Fsp3) is 0.222. The Balaban J connectivity index is 1.77. The van der Waals surface area contributed by atoms with Crippen molar-refractivity contribution in [2.75, 3.05) is 13.1 Å². The van der Waals surface area contributed by atoms with Crippen molar-refractivity contribution in [1.82, 2.24) is 10.6 Å². The number of carbonyl (C=O) groups excluding carboxylic acids is 2. The van der Waals surface area contributed by atoms with Gasteiger partial charge in [0, 0.05) is 12.1 Å². The molecule has 2 rings (SSSR count). The van der Waals surface area contributed by atoms with Crippen LogP contribution in [0.15, 0.2) is 48.5 Å². The van der Waals surface area contributed by atoms with E-state index in [9.17, 15) is 19.1 Å². The van der Waals surface area contributed by atoms with Crippen LogP contribution in [0.5, 0.6) is 0 Å². The second-order valence-electron chi connectivity index (χ2n) is 5.42. The molecule has 0 fully saturated rings. The molecule has 0 spiro atoms. The fourth-order valence-corrected chi connectivity index (χ4v) is 2.12. The summed E-state index contributed by atoms with van der Waals surface area (Å²) in [5.41, 5.74) is 1.93. The monoisotopic (exact) mass is 330 g/mol. The summed E-state index contributed by atoms with van der Waals surface area (Å²) in [5, 5.41) is 15.0. The summed E-state index contributed by atoms with van der Waals surface area (Å²) in [5.74, 6) is -1.15. The van der Waals surface area contributed by atoms with Gasteiger partial charge in [0.15, 0.2) is 0 Å². The molecule has 0 aromatic heterocycles. The lowest BCUT2D eigenvalue weighted by atomic mass is 10.1. The van der Waals surface area contributed by atoms with E-state index in [2.05, 4.69) is 10.6 Å². The number of halogens is 1. The minimum absolute atomic E-state index is 0.0230. The quantitative estimate of drug-likeness (QED) is 0.754. The normalized spacial score (nSPS) is 11.6. The average Bonchev–Trinajstić information content (AvgIpc) is 2.58. The Bertz CT molecular complexity index is 716. The molecule has 3 N–H and O–H groups in total. The van der Waals surface area contributed by atoms with E-state index >= 15 is 0 Å². The maximum absolute atomic E-state index is 12.8. The molecule has 2 amide bonds. The molecule has 0 aliphatic rings. The zero-order chi connectivity index (χ0) is 17.5. The van der Waals surface area contributed by atoms with E-state index in [1.54, 1.807) is 18.2 Å². The second kappa shape index (κ2) is 8.21. The van der Waals surface area contributed by atoms with Gasteiger partial charge in [-0.25, -0.2) is 4.39 Å². The third-order valence-corrected chi connectivity index (χ3v) is 3.44. The number of rotatable bonds is 6. The summed E-state index contributed by atoms with van der Waals surface area (Å²) in [6.07, 6.45) is -0.943. The van der Waals surface area contributed by atoms with Crippen molar-refractivity contribution in [2.24, 2.45) is 0 Å². The topological polar surface area (TPSA) is 78.4 Å². The van der Waals surface area contributed by atoms with Crippen molar-refractivity contribution in [3.05, 3.63) is 71.0 Å². The Morgan fingerprint density at radius 3 is 2.50 bits per heavy atom. The van der Waals surface area contributed by atoms with Crippen LogP contribution in [-0.4, -0.2) is 30.0 Å². The third kappa shape index (κ3) is 5.17. The first kappa shape index (κ1) is 17.6. The van der Waals surface area contributed by atoms with Crippen molar-refractivity contribution in [3.8, 4) is 0 Å². The minimum Gasteiger partial charge on any atom is -0.387 e. The Labute approximate surface area is 139 Å². The first-order valence-electron chi connectivity index (χ1n) is 7.51. The number of hydrogen-bond acceptors (Lipinski definition) is 3. The largest absolute Gasteiger partial charge is 0.387 e. The van der Waals surface area contributed by atoms with Crippen LogP contribution in [0.2, 0.25) is 0 Å². The highest BCUT2D eigenvalue weighted by molar-refractivity contribution is 5.96. The summed E-state index contributed by atoms with van der Waals surface area (Å²) in [7, 11) is 0. The molecule has 6 heteroatoms. The van der Waals surface area contributed by atoms with Crippen LogP contribution in [-0.2, 0) is 4.79 Å². The van der Waals surface area contributed by atoms with Crippen molar-refractivity contribution >= 4 is 11.8 Å². The van der Waals surface area contributed by atoms with Gasteiger partial charge in [-0.2, -0.15) is 0 Å². The highest BCUT2D eigenvalue weighted by Crippen LogP contribution is 2.12. The number of hydrogen-bond donors (Lipinski definition) is 3. The zero-order valence-electron chi connectivity index (χ0n) is 13.3. The first-order valence-corrected chi connectivity index (χ1v) is 7.51. The molecule has 0 bridgehead atoms. The standard InChI is InChI=1S/C18H19FN2O3/c1-12-3-2-4-14(9-12)18(24)21-11-17(23)20-10-16(22)13-5-7-15(19)8-6-13/h2-9,16,22H,10-11H2,1H3,(H,20,23)(H,21,24). The molecule has 0 radical (unpaired) electrons. The molecular formula is C18H19FN2O3. The van der Waals surface area contributed by atoms with E-state index < -0.39 is 17.8 Å². The summed E-state index contributed by atoms with van der Waals surface area (Å²) in [6.45, 7) is 1.66. The van der Waals surface area contributed by atoms with Gasteiger partial charge < -0.3 is 15.7 Å². The molecule has 5 nitrogen and oxygen atoms in total. The Morgan fingerprint density at radius 1 is 1.12 bits per heavy atom. The van der Waals surface area contributed by atoms with E-state index in [1.807, 2.05) is 13.0 Å². The van der Waals surface area contributed by atoms with Gasteiger partial charge in [-0.1, -0.05) is 29.8 Å². The lowest BCUT2D eigenvalue weighted by molar-refractivity contribution is -0.120. The van der Waals surface area contributed by atoms with E-state index in [4.69, 9.17) is 0 Å². The molecule has 126 valence electrons. The van der Waals surface area contributed by atoms with Gasteiger partial charge in [0.1, 0.15) is 5.82 Å². The highest BCUT2D eigenvalue weighted by Gasteiger charge is 2.11. The van der Waals surface area contributed by atoms with E-state index in [1.165, 1.54) is 24.3 Å². The number of aliphatic hydroxyl groups excluding tert-OH is 1. The van der Waals surface area contributed by atoms with Gasteiger partial charge in [-0.3, -0.25) is 9.59 Å². The van der Waals surface area contributed by atoms with Gasteiger partial charge in [-0.15, -0.1) is 0 Å². The summed E-state index contributed by atoms with van der Waals surface area (Å²) >= 11 is 0. The first-order chi connectivity index (χ1) is 11.5. The molecule has 2 aromatic rings. The van der Waals surface area contributed by atoms with Crippen LogP contribution in [0.1, 0.15) is 27.6 Å². The second-order valence-corrected chi connectivity index (χ2v) is 5.42. The molecule has 0 aliphatic carbocycles. The highest BCUT2D eigenvalue weighted by atomic mass is 19.1. The van der Waals surface area contributed by atoms with Crippen LogP contribution in [0, 0.1) is 12.7 Å². The zero-order valence-corrected chi connectivity index (χ0v) is 13.3. The van der Waals surface area contributed by atoms with Crippen LogP contribution in [0.4, 0.5) is 4.39 Å². The van der Waals surface area contributed by atoms with Crippen molar-refractivity contribution in [3.63, 3.8) is 0 Å². The smallest absolute Gasteiger partial charge is 0.251 e. The van der Waals surface area contributed by atoms with Gasteiger partial charge in [-0.05, 0) is 36.8 Å². The molecule has 0 saturated carbocycles. The third-order valence-electron chi connectivity index (χ3n) is 3.44. The summed E-state index contributed by atoms with van der Waals surface area (Å²) in [6, 6.07) is 12.4. The molecule has 2 aromatic carbocycles. The summed E-state index contributed by atoms with van der Waals surface area (Å²) < 4.78 is 12.8. The SMILES string of the molecule is Cc1cccc(C(=O)NCC(=O)NCC(O)c2ccc(F)cc2)c1. The number of nitrogens with one attached hydrogen (secondary N) is 2. The molecule has 24 heavy (non-hydrogen) atoms. The lowest BCUT2D eigenvalue weighted by Crippen LogP contribution is -2.38.